The van der Waals surface area contributed by atoms with Gasteiger partial charge in [-0.05, 0) is 42.3 Å². The van der Waals surface area contributed by atoms with E-state index in [1.165, 1.54) is 0 Å². The highest BCUT2D eigenvalue weighted by Crippen LogP contribution is 2.12. The Hall–Kier alpha value is -2.33. The molecule has 0 saturated carbocycles. The van der Waals surface area contributed by atoms with Crippen LogP contribution in [-0.2, 0) is 26.7 Å². The van der Waals surface area contributed by atoms with Gasteiger partial charge in [0.15, 0.2) is 11.8 Å². The fourth-order valence-corrected chi connectivity index (χ4v) is 2.76. The van der Waals surface area contributed by atoms with Crippen molar-refractivity contribution in [3.05, 3.63) is 76.3 Å². The summed E-state index contributed by atoms with van der Waals surface area (Å²) in [5, 5.41) is 15.7. The molecule has 0 amide bonds. The van der Waals surface area contributed by atoms with Gasteiger partial charge in [-0.2, -0.15) is 0 Å². The SMILES string of the molecule is COc1ccc(CN=C(NCc2ccc(Cl)cc2)NCc2nnc(C)n2C)cc1.I. The number of benzene rings is 2. The molecule has 3 rings (SSSR count). The molecule has 0 saturated heterocycles. The largest absolute Gasteiger partial charge is 0.497 e. The van der Waals surface area contributed by atoms with Gasteiger partial charge in [0, 0.05) is 18.6 Å². The van der Waals surface area contributed by atoms with Crippen LogP contribution in [0.1, 0.15) is 22.8 Å². The first-order valence-corrected chi connectivity index (χ1v) is 9.67. The fourth-order valence-electron chi connectivity index (χ4n) is 2.63. The van der Waals surface area contributed by atoms with Crippen LogP contribution in [0.25, 0.3) is 0 Å². The van der Waals surface area contributed by atoms with Gasteiger partial charge in [-0.3, -0.25) is 0 Å². The van der Waals surface area contributed by atoms with Gasteiger partial charge in [0.1, 0.15) is 11.6 Å². The lowest BCUT2D eigenvalue weighted by molar-refractivity contribution is 0.414. The highest BCUT2D eigenvalue weighted by molar-refractivity contribution is 14.0. The van der Waals surface area contributed by atoms with E-state index in [0.717, 1.165) is 33.5 Å². The molecule has 0 radical (unpaired) electrons. The molecule has 0 aliphatic rings. The molecular formula is C21H26ClIN6O. The van der Waals surface area contributed by atoms with Crippen molar-refractivity contribution < 1.29 is 4.74 Å². The van der Waals surface area contributed by atoms with Crippen molar-refractivity contribution in [3.63, 3.8) is 0 Å². The van der Waals surface area contributed by atoms with Crippen molar-refractivity contribution in [2.45, 2.75) is 26.6 Å². The number of hydrogen-bond acceptors (Lipinski definition) is 4. The Morgan fingerprint density at radius 1 is 1.00 bits per heavy atom. The zero-order chi connectivity index (χ0) is 20.6. The molecule has 0 aliphatic heterocycles. The quantitative estimate of drug-likeness (QED) is 0.271. The average molecular weight is 541 g/mol. The van der Waals surface area contributed by atoms with E-state index in [2.05, 4.69) is 20.8 Å². The number of hydrogen-bond donors (Lipinski definition) is 2. The number of nitrogens with one attached hydrogen (secondary N) is 2. The number of rotatable bonds is 7. The van der Waals surface area contributed by atoms with Gasteiger partial charge >= 0.3 is 0 Å². The van der Waals surface area contributed by atoms with Crippen LogP contribution in [0.15, 0.2) is 53.5 Å². The summed E-state index contributed by atoms with van der Waals surface area (Å²) in [6, 6.07) is 15.6. The molecule has 3 aromatic rings. The molecule has 7 nitrogen and oxygen atoms in total. The molecule has 160 valence electrons. The number of nitrogens with zero attached hydrogens (tertiary/aromatic N) is 4. The summed E-state index contributed by atoms with van der Waals surface area (Å²) < 4.78 is 7.16. The van der Waals surface area contributed by atoms with Gasteiger partial charge in [-0.1, -0.05) is 35.9 Å². The molecule has 9 heteroatoms. The molecule has 0 aliphatic carbocycles. The Morgan fingerprint density at radius 3 is 2.23 bits per heavy atom. The third-order valence-corrected chi connectivity index (χ3v) is 4.80. The Labute approximate surface area is 198 Å². The van der Waals surface area contributed by atoms with E-state index in [1.807, 2.05) is 67.1 Å². The normalized spacial score (nSPS) is 11.0. The van der Waals surface area contributed by atoms with E-state index in [-0.39, 0.29) is 24.0 Å². The predicted molar refractivity (Wildman–Crippen MR) is 130 cm³/mol. The van der Waals surface area contributed by atoms with Gasteiger partial charge in [0.05, 0.1) is 20.2 Å². The van der Waals surface area contributed by atoms with Crippen molar-refractivity contribution in [2.75, 3.05) is 7.11 Å². The van der Waals surface area contributed by atoms with Crippen LogP contribution in [0.3, 0.4) is 0 Å². The monoisotopic (exact) mass is 540 g/mol. The molecule has 0 spiro atoms. The van der Waals surface area contributed by atoms with Crippen LogP contribution < -0.4 is 15.4 Å². The predicted octanol–water partition coefficient (Wildman–Crippen LogP) is 3.84. The molecule has 1 aromatic heterocycles. The minimum absolute atomic E-state index is 0. The Morgan fingerprint density at radius 2 is 1.63 bits per heavy atom. The molecule has 0 bridgehead atoms. The van der Waals surface area contributed by atoms with E-state index in [0.29, 0.717) is 25.6 Å². The molecule has 1 heterocycles. The molecule has 0 fully saturated rings. The molecular weight excluding hydrogens is 515 g/mol. The first-order valence-electron chi connectivity index (χ1n) is 9.29. The third-order valence-electron chi connectivity index (χ3n) is 4.55. The fraction of sp³-hybridized carbons (Fsp3) is 0.286. The maximum absolute atomic E-state index is 5.97. The summed E-state index contributed by atoms with van der Waals surface area (Å²) in [6.45, 7) is 3.61. The Kier molecular flexibility index (Phi) is 9.38. The maximum atomic E-state index is 5.97. The Balaban J connectivity index is 0.00000320. The van der Waals surface area contributed by atoms with Crippen LogP contribution >= 0.6 is 35.6 Å². The van der Waals surface area contributed by atoms with Gasteiger partial charge in [-0.25, -0.2) is 4.99 Å². The highest BCUT2D eigenvalue weighted by Gasteiger charge is 2.07. The van der Waals surface area contributed by atoms with Crippen LogP contribution in [-0.4, -0.2) is 27.8 Å². The van der Waals surface area contributed by atoms with Crippen LogP contribution in [0, 0.1) is 6.92 Å². The van der Waals surface area contributed by atoms with E-state index in [9.17, 15) is 0 Å². The number of guanidine groups is 1. The second-order valence-corrected chi connectivity index (χ2v) is 7.01. The highest BCUT2D eigenvalue weighted by atomic mass is 127. The number of halogens is 2. The second kappa shape index (κ2) is 11.8. The first-order chi connectivity index (χ1) is 14.0. The van der Waals surface area contributed by atoms with Crippen molar-refractivity contribution in [1.82, 2.24) is 25.4 Å². The average Bonchev–Trinajstić information content (AvgIpc) is 3.07. The van der Waals surface area contributed by atoms with Crippen LogP contribution in [0.5, 0.6) is 5.75 Å². The lowest BCUT2D eigenvalue weighted by atomic mass is 10.2. The number of methoxy groups -OCH3 is 1. The lowest BCUT2D eigenvalue weighted by Gasteiger charge is -2.13. The van der Waals surface area contributed by atoms with Crippen molar-refractivity contribution in [3.8, 4) is 5.75 Å². The first kappa shape index (κ1) is 23.9. The number of aromatic nitrogens is 3. The van der Waals surface area contributed by atoms with Crippen LogP contribution in [0.4, 0.5) is 0 Å². The lowest BCUT2D eigenvalue weighted by Crippen LogP contribution is -2.37. The molecule has 30 heavy (non-hydrogen) atoms. The smallest absolute Gasteiger partial charge is 0.192 e. The van der Waals surface area contributed by atoms with E-state index in [4.69, 9.17) is 21.3 Å². The Bertz CT molecular complexity index is 957. The summed E-state index contributed by atoms with van der Waals surface area (Å²) in [7, 11) is 3.60. The number of aliphatic imine (C=N–C) groups is 1. The summed E-state index contributed by atoms with van der Waals surface area (Å²) in [4.78, 5) is 4.70. The topological polar surface area (TPSA) is 76.4 Å². The molecule has 2 aromatic carbocycles. The number of ether oxygens (including phenoxy) is 1. The van der Waals surface area contributed by atoms with Gasteiger partial charge < -0.3 is 19.9 Å². The molecule has 0 atom stereocenters. The van der Waals surface area contributed by atoms with Gasteiger partial charge in [0.25, 0.3) is 0 Å². The van der Waals surface area contributed by atoms with Crippen molar-refractivity contribution >= 4 is 41.5 Å². The number of aryl methyl sites for hydroxylation is 1. The standard InChI is InChI=1S/C21H25ClN6O.HI/c1-15-26-27-20(28(15)2)14-25-21(23-12-16-4-8-18(22)9-5-16)24-13-17-6-10-19(29-3)11-7-17;/h4-11H,12-14H2,1-3H3,(H2,23,24,25);1H. The molecule has 2 N–H and O–H groups in total. The second-order valence-electron chi connectivity index (χ2n) is 6.57. The van der Waals surface area contributed by atoms with Crippen LogP contribution in [0.2, 0.25) is 5.02 Å². The maximum Gasteiger partial charge on any atom is 0.192 e. The summed E-state index contributed by atoms with van der Waals surface area (Å²) >= 11 is 5.97. The summed E-state index contributed by atoms with van der Waals surface area (Å²) in [6.07, 6.45) is 0. The zero-order valence-corrected chi connectivity index (χ0v) is 20.3. The zero-order valence-electron chi connectivity index (χ0n) is 17.2. The summed E-state index contributed by atoms with van der Waals surface area (Å²) in [5.74, 6) is 3.23. The minimum atomic E-state index is 0. The third kappa shape index (κ3) is 6.88. The van der Waals surface area contributed by atoms with E-state index in [1.54, 1.807) is 7.11 Å². The van der Waals surface area contributed by atoms with E-state index < -0.39 is 0 Å². The van der Waals surface area contributed by atoms with Crippen molar-refractivity contribution in [1.29, 1.82) is 0 Å². The minimum Gasteiger partial charge on any atom is -0.497 e. The van der Waals surface area contributed by atoms with Crippen molar-refractivity contribution in [2.24, 2.45) is 12.0 Å². The summed E-state index contributed by atoms with van der Waals surface area (Å²) in [5.41, 5.74) is 2.20. The van der Waals surface area contributed by atoms with E-state index >= 15 is 0 Å². The van der Waals surface area contributed by atoms with Gasteiger partial charge in [0.2, 0.25) is 0 Å². The van der Waals surface area contributed by atoms with Gasteiger partial charge in [-0.15, -0.1) is 34.2 Å². The molecule has 0 unspecified atom stereocenters.